The van der Waals surface area contributed by atoms with Crippen LogP contribution in [0, 0.1) is 10.1 Å². The molecule has 0 aliphatic heterocycles. The van der Waals surface area contributed by atoms with Gasteiger partial charge >= 0.3 is 0 Å². The van der Waals surface area contributed by atoms with Crippen molar-refractivity contribution in [3.05, 3.63) is 34.4 Å². The minimum atomic E-state index is -0.977. The first-order valence-corrected chi connectivity index (χ1v) is 4.34. The SMILES string of the molecule is CC(C)(C=O)Oc1cccc([N+](=O)[O-])c1. The molecule has 0 fully saturated rings. The van der Waals surface area contributed by atoms with Crippen LogP contribution in [0.4, 0.5) is 5.69 Å². The van der Waals surface area contributed by atoms with Crippen molar-refractivity contribution in [3.8, 4) is 5.75 Å². The molecule has 0 aromatic heterocycles. The molecule has 0 spiro atoms. The van der Waals surface area contributed by atoms with Gasteiger partial charge < -0.3 is 4.74 Å². The van der Waals surface area contributed by atoms with Crippen LogP contribution in [-0.2, 0) is 4.79 Å². The van der Waals surface area contributed by atoms with Gasteiger partial charge in [-0.1, -0.05) is 6.07 Å². The monoisotopic (exact) mass is 209 g/mol. The molecular formula is C10H11NO4. The van der Waals surface area contributed by atoms with Gasteiger partial charge in [-0.05, 0) is 19.9 Å². The van der Waals surface area contributed by atoms with E-state index in [0.717, 1.165) is 0 Å². The Morgan fingerprint density at radius 3 is 2.67 bits per heavy atom. The largest absolute Gasteiger partial charge is 0.480 e. The van der Waals surface area contributed by atoms with E-state index in [9.17, 15) is 14.9 Å². The second kappa shape index (κ2) is 4.08. The lowest BCUT2D eigenvalue weighted by Crippen LogP contribution is -2.29. The van der Waals surface area contributed by atoms with Crippen molar-refractivity contribution < 1.29 is 14.5 Å². The fraction of sp³-hybridized carbons (Fsp3) is 0.300. The molecule has 5 nitrogen and oxygen atoms in total. The minimum absolute atomic E-state index is 0.0609. The molecule has 0 aliphatic carbocycles. The van der Waals surface area contributed by atoms with Crippen LogP contribution in [-0.4, -0.2) is 16.8 Å². The predicted octanol–water partition coefficient (Wildman–Crippen LogP) is 1.95. The Balaban J connectivity index is 2.92. The number of rotatable bonds is 4. The highest BCUT2D eigenvalue weighted by Gasteiger charge is 2.19. The van der Waals surface area contributed by atoms with Crippen LogP contribution in [0.25, 0.3) is 0 Å². The van der Waals surface area contributed by atoms with E-state index in [1.54, 1.807) is 19.9 Å². The van der Waals surface area contributed by atoms with Crippen LogP contribution in [0.5, 0.6) is 5.75 Å². The Kier molecular flexibility index (Phi) is 3.04. The van der Waals surface area contributed by atoms with Crippen molar-refractivity contribution >= 4 is 12.0 Å². The van der Waals surface area contributed by atoms with Gasteiger partial charge in [0.2, 0.25) is 0 Å². The molecule has 1 rings (SSSR count). The summed E-state index contributed by atoms with van der Waals surface area (Å²) in [5.41, 5.74) is -1.04. The number of benzene rings is 1. The summed E-state index contributed by atoms with van der Waals surface area (Å²) in [4.78, 5) is 20.5. The second-order valence-electron chi connectivity index (χ2n) is 3.58. The third-order valence-corrected chi connectivity index (χ3v) is 1.69. The van der Waals surface area contributed by atoms with Crippen molar-refractivity contribution in [3.63, 3.8) is 0 Å². The number of hydrogen-bond acceptors (Lipinski definition) is 4. The van der Waals surface area contributed by atoms with Crippen LogP contribution in [0.3, 0.4) is 0 Å². The zero-order valence-corrected chi connectivity index (χ0v) is 8.47. The topological polar surface area (TPSA) is 69.4 Å². The molecule has 0 bridgehead atoms. The number of carbonyl (C=O) groups excluding carboxylic acids is 1. The molecule has 1 aromatic carbocycles. The molecule has 0 unspecified atom stereocenters. The number of nitrogens with zero attached hydrogens (tertiary/aromatic N) is 1. The molecule has 0 radical (unpaired) electrons. The summed E-state index contributed by atoms with van der Waals surface area (Å²) >= 11 is 0. The van der Waals surface area contributed by atoms with E-state index >= 15 is 0 Å². The first kappa shape index (κ1) is 11.2. The van der Waals surface area contributed by atoms with Crippen molar-refractivity contribution in [1.82, 2.24) is 0 Å². The molecule has 80 valence electrons. The Hall–Kier alpha value is -1.91. The second-order valence-corrected chi connectivity index (χ2v) is 3.58. The lowest BCUT2D eigenvalue weighted by molar-refractivity contribution is -0.385. The van der Waals surface area contributed by atoms with Crippen molar-refractivity contribution in [2.45, 2.75) is 19.4 Å². The quantitative estimate of drug-likeness (QED) is 0.431. The van der Waals surface area contributed by atoms with E-state index in [4.69, 9.17) is 4.74 Å². The van der Waals surface area contributed by atoms with Crippen LogP contribution < -0.4 is 4.74 Å². The van der Waals surface area contributed by atoms with Crippen LogP contribution >= 0.6 is 0 Å². The third-order valence-electron chi connectivity index (χ3n) is 1.69. The molecule has 0 N–H and O–H groups in total. The molecule has 15 heavy (non-hydrogen) atoms. The Morgan fingerprint density at radius 2 is 2.13 bits per heavy atom. The molecule has 5 heteroatoms. The minimum Gasteiger partial charge on any atom is -0.480 e. The smallest absolute Gasteiger partial charge is 0.273 e. The Bertz CT molecular complexity index is 387. The average Bonchev–Trinajstić information content (AvgIpc) is 2.17. The number of hydrogen-bond donors (Lipinski definition) is 0. The molecule has 0 saturated carbocycles. The van der Waals surface area contributed by atoms with Gasteiger partial charge in [-0.15, -0.1) is 0 Å². The molecule has 0 atom stereocenters. The standard InChI is InChI=1S/C10H11NO4/c1-10(2,7-12)15-9-5-3-4-8(6-9)11(13)14/h3-7H,1-2H3. The summed E-state index contributed by atoms with van der Waals surface area (Å²) in [7, 11) is 0. The number of nitro groups is 1. The highest BCUT2D eigenvalue weighted by Crippen LogP contribution is 2.22. The van der Waals surface area contributed by atoms with E-state index in [1.165, 1.54) is 18.2 Å². The summed E-state index contributed by atoms with van der Waals surface area (Å²) in [6, 6.07) is 5.72. The fourth-order valence-electron chi connectivity index (χ4n) is 0.988. The van der Waals surface area contributed by atoms with Gasteiger partial charge in [-0.3, -0.25) is 14.9 Å². The number of aldehydes is 1. The van der Waals surface area contributed by atoms with Gasteiger partial charge in [0.25, 0.3) is 5.69 Å². The van der Waals surface area contributed by atoms with E-state index in [1.807, 2.05) is 0 Å². The zero-order chi connectivity index (χ0) is 11.5. The summed E-state index contributed by atoms with van der Waals surface area (Å²) in [5, 5.41) is 10.5. The predicted molar refractivity (Wildman–Crippen MR) is 53.9 cm³/mol. The van der Waals surface area contributed by atoms with E-state index < -0.39 is 10.5 Å². The summed E-state index contributed by atoms with van der Waals surface area (Å²) in [5.74, 6) is 0.307. The van der Waals surface area contributed by atoms with E-state index in [2.05, 4.69) is 0 Å². The van der Waals surface area contributed by atoms with Gasteiger partial charge in [0, 0.05) is 6.07 Å². The molecule has 0 heterocycles. The van der Waals surface area contributed by atoms with Crippen LogP contribution in [0.1, 0.15) is 13.8 Å². The van der Waals surface area contributed by atoms with Crippen molar-refractivity contribution in [1.29, 1.82) is 0 Å². The number of non-ortho nitro benzene ring substituents is 1. The molecule has 0 aliphatic rings. The zero-order valence-electron chi connectivity index (χ0n) is 8.47. The fourth-order valence-corrected chi connectivity index (χ4v) is 0.988. The molecular weight excluding hydrogens is 198 g/mol. The highest BCUT2D eigenvalue weighted by atomic mass is 16.6. The van der Waals surface area contributed by atoms with Gasteiger partial charge in [-0.2, -0.15) is 0 Å². The average molecular weight is 209 g/mol. The lowest BCUT2D eigenvalue weighted by Gasteiger charge is -2.19. The number of carbonyl (C=O) groups is 1. The lowest BCUT2D eigenvalue weighted by atomic mass is 10.2. The maximum atomic E-state index is 10.6. The van der Waals surface area contributed by atoms with Gasteiger partial charge in [0.15, 0.2) is 11.9 Å². The first-order chi connectivity index (χ1) is 6.94. The van der Waals surface area contributed by atoms with Crippen molar-refractivity contribution in [2.75, 3.05) is 0 Å². The van der Waals surface area contributed by atoms with E-state index in [-0.39, 0.29) is 5.69 Å². The summed E-state index contributed by atoms with van der Waals surface area (Å²) in [6.45, 7) is 3.16. The Morgan fingerprint density at radius 1 is 1.47 bits per heavy atom. The Labute approximate surface area is 86.8 Å². The third kappa shape index (κ3) is 3.05. The summed E-state index contributed by atoms with van der Waals surface area (Å²) < 4.78 is 5.27. The normalized spacial score (nSPS) is 10.8. The van der Waals surface area contributed by atoms with Gasteiger partial charge in [0.05, 0.1) is 11.0 Å². The first-order valence-electron chi connectivity index (χ1n) is 4.34. The maximum Gasteiger partial charge on any atom is 0.273 e. The van der Waals surface area contributed by atoms with Crippen LogP contribution in [0.15, 0.2) is 24.3 Å². The maximum absolute atomic E-state index is 10.6. The van der Waals surface area contributed by atoms with Gasteiger partial charge in [0.1, 0.15) is 5.75 Å². The molecule has 1 aromatic rings. The molecule has 0 amide bonds. The van der Waals surface area contributed by atoms with Crippen LogP contribution in [0.2, 0.25) is 0 Å². The summed E-state index contributed by atoms with van der Waals surface area (Å²) in [6.07, 6.45) is 0.645. The highest BCUT2D eigenvalue weighted by molar-refractivity contribution is 5.61. The van der Waals surface area contributed by atoms with Gasteiger partial charge in [-0.25, -0.2) is 0 Å². The molecule has 0 saturated heterocycles. The number of nitro benzene ring substituents is 1. The number of ether oxygens (including phenoxy) is 1. The van der Waals surface area contributed by atoms with Crippen molar-refractivity contribution in [2.24, 2.45) is 0 Å². The van der Waals surface area contributed by atoms with E-state index in [0.29, 0.717) is 12.0 Å².